The van der Waals surface area contributed by atoms with Gasteiger partial charge in [-0.3, -0.25) is 0 Å². The lowest BCUT2D eigenvalue weighted by Crippen LogP contribution is -2.18. The van der Waals surface area contributed by atoms with Gasteiger partial charge in [0.25, 0.3) is 0 Å². The maximum atomic E-state index is 4.62. The molecule has 1 atom stereocenters. The molecule has 21 heavy (non-hydrogen) atoms. The van der Waals surface area contributed by atoms with E-state index >= 15 is 0 Å². The van der Waals surface area contributed by atoms with E-state index in [1.807, 2.05) is 18.2 Å². The van der Waals surface area contributed by atoms with Crippen molar-refractivity contribution in [2.45, 2.75) is 46.6 Å². The van der Waals surface area contributed by atoms with Gasteiger partial charge in [0.1, 0.15) is 5.82 Å². The Bertz CT molecular complexity index is 580. The van der Waals surface area contributed by atoms with Crippen molar-refractivity contribution < 1.29 is 0 Å². The first kappa shape index (κ1) is 15.5. The van der Waals surface area contributed by atoms with Crippen LogP contribution in [-0.2, 0) is 0 Å². The molecule has 1 unspecified atom stereocenters. The molecule has 114 valence electrons. The van der Waals surface area contributed by atoms with E-state index in [2.05, 4.69) is 54.4 Å². The van der Waals surface area contributed by atoms with Crippen LogP contribution in [0.15, 0.2) is 24.3 Å². The third kappa shape index (κ3) is 4.31. The van der Waals surface area contributed by atoms with Crippen molar-refractivity contribution in [1.82, 2.24) is 9.97 Å². The Kier molecular flexibility index (Phi) is 5.37. The monoisotopic (exact) mass is 286 g/mol. The number of nitrogens with zero attached hydrogens (tertiary/aromatic N) is 2. The van der Waals surface area contributed by atoms with Crippen LogP contribution in [0.25, 0.3) is 10.9 Å². The standard InChI is InChI=1S/C17H26N4/c1-5-18-17-20-15-9-7-6-8-14(15)16(21-17)19-13(4)11-10-12(2)3/h6-9,12-13H,5,10-11H2,1-4H3,(H2,18,19,20,21). The number of hydrogen-bond acceptors (Lipinski definition) is 4. The number of rotatable bonds is 7. The Balaban J connectivity index is 2.24. The minimum Gasteiger partial charge on any atom is -0.367 e. The van der Waals surface area contributed by atoms with E-state index in [1.165, 1.54) is 6.42 Å². The highest BCUT2D eigenvalue weighted by atomic mass is 15.1. The van der Waals surface area contributed by atoms with E-state index in [9.17, 15) is 0 Å². The molecule has 0 bridgehead atoms. The number of anilines is 2. The first-order valence-corrected chi connectivity index (χ1v) is 7.87. The summed E-state index contributed by atoms with van der Waals surface area (Å²) >= 11 is 0. The maximum Gasteiger partial charge on any atom is 0.225 e. The van der Waals surface area contributed by atoms with Crippen LogP contribution < -0.4 is 10.6 Å². The van der Waals surface area contributed by atoms with Crippen molar-refractivity contribution in [3.8, 4) is 0 Å². The fourth-order valence-corrected chi connectivity index (χ4v) is 2.31. The summed E-state index contributed by atoms with van der Waals surface area (Å²) in [5, 5.41) is 7.83. The van der Waals surface area contributed by atoms with E-state index in [1.54, 1.807) is 0 Å². The lowest BCUT2D eigenvalue weighted by atomic mass is 10.0. The molecule has 0 spiro atoms. The highest BCUT2D eigenvalue weighted by Crippen LogP contribution is 2.23. The second-order valence-electron chi connectivity index (χ2n) is 5.96. The van der Waals surface area contributed by atoms with Gasteiger partial charge in [0.2, 0.25) is 5.95 Å². The SMILES string of the molecule is CCNc1nc(NC(C)CCC(C)C)c2ccccc2n1. The molecule has 4 heteroatoms. The van der Waals surface area contributed by atoms with Crippen LogP contribution in [0.2, 0.25) is 0 Å². The van der Waals surface area contributed by atoms with Crippen molar-refractivity contribution in [2.75, 3.05) is 17.2 Å². The smallest absolute Gasteiger partial charge is 0.225 e. The van der Waals surface area contributed by atoms with Gasteiger partial charge in [0, 0.05) is 18.0 Å². The fraction of sp³-hybridized carbons (Fsp3) is 0.529. The van der Waals surface area contributed by atoms with E-state index < -0.39 is 0 Å². The van der Waals surface area contributed by atoms with Gasteiger partial charge in [0.05, 0.1) is 5.52 Å². The summed E-state index contributed by atoms with van der Waals surface area (Å²) in [6.07, 6.45) is 2.36. The summed E-state index contributed by atoms with van der Waals surface area (Å²) in [6, 6.07) is 8.55. The molecule has 0 aliphatic rings. The summed E-state index contributed by atoms with van der Waals surface area (Å²) in [4.78, 5) is 9.17. The van der Waals surface area contributed by atoms with Gasteiger partial charge in [-0.1, -0.05) is 26.0 Å². The second-order valence-corrected chi connectivity index (χ2v) is 5.96. The Morgan fingerprint density at radius 1 is 1.05 bits per heavy atom. The van der Waals surface area contributed by atoms with E-state index in [0.29, 0.717) is 12.0 Å². The zero-order valence-corrected chi connectivity index (χ0v) is 13.5. The zero-order valence-electron chi connectivity index (χ0n) is 13.5. The van der Waals surface area contributed by atoms with Crippen molar-refractivity contribution in [2.24, 2.45) is 5.92 Å². The average Bonchev–Trinajstić information content (AvgIpc) is 2.45. The molecule has 4 nitrogen and oxygen atoms in total. The van der Waals surface area contributed by atoms with Gasteiger partial charge in [-0.15, -0.1) is 0 Å². The predicted molar refractivity (Wildman–Crippen MR) is 90.9 cm³/mol. The quantitative estimate of drug-likeness (QED) is 0.797. The van der Waals surface area contributed by atoms with Gasteiger partial charge >= 0.3 is 0 Å². The fourth-order valence-electron chi connectivity index (χ4n) is 2.31. The van der Waals surface area contributed by atoms with Crippen molar-refractivity contribution in [3.63, 3.8) is 0 Å². The van der Waals surface area contributed by atoms with E-state index in [4.69, 9.17) is 0 Å². The Labute approximate surface area is 127 Å². The number of para-hydroxylation sites is 1. The van der Waals surface area contributed by atoms with Crippen LogP contribution in [-0.4, -0.2) is 22.6 Å². The molecule has 2 aromatic rings. The average molecular weight is 286 g/mol. The van der Waals surface area contributed by atoms with E-state index in [-0.39, 0.29) is 0 Å². The van der Waals surface area contributed by atoms with Crippen LogP contribution in [0.3, 0.4) is 0 Å². The van der Waals surface area contributed by atoms with Gasteiger partial charge in [-0.25, -0.2) is 4.98 Å². The molecule has 0 aliphatic heterocycles. The molecule has 2 rings (SSSR count). The molecular formula is C17H26N4. The number of aromatic nitrogens is 2. The molecule has 0 saturated heterocycles. The highest BCUT2D eigenvalue weighted by molar-refractivity contribution is 5.90. The summed E-state index contributed by atoms with van der Waals surface area (Å²) in [6.45, 7) is 9.61. The lowest BCUT2D eigenvalue weighted by molar-refractivity contribution is 0.527. The van der Waals surface area contributed by atoms with Gasteiger partial charge in [0.15, 0.2) is 0 Å². The number of fused-ring (bicyclic) bond motifs is 1. The van der Waals surface area contributed by atoms with Crippen LogP contribution in [0.5, 0.6) is 0 Å². The number of nitrogens with one attached hydrogen (secondary N) is 2. The van der Waals surface area contributed by atoms with E-state index in [0.717, 1.165) is 35.6 Å². The third-order valence-electron chi connectivity index (χ3n) is 3.50. The summed E-state index contributed by atoms with van der Waals surface area (Å²) in [7, 11) is 0. The molecule has 0 fully saturated rings. The molecule has 0 aliphatic carbocycles. The zero-order chi connectivity index (χ0) is 15.2. The number of hydrogen-bond donors (Lipinski definition) is 2. The maximum absolute atomic E-state index is 4.62. The summed E-state index contributed by atoms with van der Waals surface area (Å²) in [5.74, 6) is 2.34. The molecular weight excluding hydrogens is 260 g/mol. The molecule has 1 aromatic heterocycles. The first-order valence-electron chi connectivity index (χ1n) is 7.87. The molecule has 1 aromatic carbocycles. The number of benzene rings is 1. The second kappa shape index (κ2) is 7.25. The molecule has 2 N–H and O–H groups in total. The van der Waals surface area contributed by atoms with Gasteiger partial charge < -0.3 is 10.6 Å². The van der Waals surface area contributed by atoms with Crippen LogP contribution >= 0.6 is 0 Å². The van der Waals surface area contributed by atoms with Crippen molar-refractivity contribution in [3.05, 3.63) is 24.3 Å². The van der Waals surface area contributed by atoms with Crippen molar-refractivity contribution >= 4 is 22.7 Å². The largest absolute Gasteiger partial charge is 0.367 e. The molecule has 0 amide bonds. The predicted octanol–water partition coefficient (Wildman–Crippen LogP) is 4.30. The van der Waals surface area contributed by atoms with Crippen LogP contribution in [0.4, 0.5) is 11.8 Å². The minimum atomic E-state index is 0.403. The van der Waals surface area contributed by atoms with Crippen LogP contribution in [0.1, 0.15) is 40.5 Å². The van der Waals surface area contributed by atoms with Gasteiger partial charge in [-0.2, -0.15) is 4.98 Å². The first-order chi connectivity index (χ1) is 10.1. The molecule has 1 heterocycles. The third-order valence-corrected chi connectivity index (χ3v) is 3.50. The van der Waals surface area contributed by atoms with Crippen molar-refractivity contribution in [1.29, 1.82) is 0 Å². The lowest BCUT2D eigenvalue weighted by Gasteiger charge is -2.17. The Hall–Kier alpha value is -1.84. The highest BCUT2D eigenvalue weighted by Gasteiger charge is 2.10. The summed E-state index contributed by atoms with van der Waals surface area (Å²) in [5.41, 5.74) is 0.974. The Morgan fingerprint density at radius 3 is 2.52 bits per heavy atom. The topological polar surface area (TPSA) is 49.8 Å². The minimum absolute atomic E-state index is 0.403. The molecule has 0 saturated carbocycles. The summed E-state index contributed by atoms with van der Waals surface area (Å²) < 4.78 is 0. The van der Waals surface area contributed by atoms with Crippen LogP contribution in [0, 0.1) is 5.92 Å². The molecule has 0 radical (unpaired) electrons. The normalized spacial score (nSPS) is 12.6. The Morgan fingerprint density at radius 2 is 1.81 bits per heavy atom. The van der Waals surface area contributed by atoms with Gasteiger partial charge in [-0.05, 0) is 44.7 Å².